The van der Waals surface area contributed by atoms with Crippen molar-refractivity contribution >= 4 is 27.3 Å². The summed E-state index contributed by atoms with van der Waals surface area (Å²) in [5, 5.41) is 3.48. The van der Waals surface area contributed by atoms with E-state index in [-0.39, 0.29) is 0 Å². The van der Waals surface area contributed by atoms with Gasteiger partial charge in [0.05, 0.1) is 9.89 Å². The van der Waals surface area contributed by atoms with Gasteiger partial charge in [0, 0.05) is 23.4 Å². The van der Waals surface area contributed by atoms with E-state index in [2.05, 4.69) is 47.4 Å². The Morgan fingerprint density at radius 2 is 2.41 bits per heavy atom. The van der Waals surface area contributed by atoms with E-state index in [1.807, 2.05) is 11.3 Å². The number of thiophene rings is 1. The van der Waals surface area contributed by atoms with E-state index in [0.717, 1.165) is 19.4 Å². The smallest absolute Gasteiger partial charge is 0.0701 e. The van der Waals surface area contributed by atoms with E-state index < -0.39 is 0 Å². The molecule has 1 saturated heterocycles. The first kappa shape index (κ1) is 13.5. The van der Waals surface area contributed by atoms with Crippen LogP contribution in [0.2, 0.25) is 0 Å². The number of ether oxygens (including phenoxy) is 1. The molecule has 0 radical (unpaired) electrons. The molecule has 0 saturated carbocycles. The third-order valence-corrected chi connectivity index (χ3v) is 5.25. The molecule has 0 amide bonds. The average Bonchev–Trinajstić information content (AvgIpc) is 2.94. The number of hydrogen-bond acceptors (Lipinski definition) is 3. The lowest BCUT2D eigenvalue weighted by Gasteiger charge is -2.26. The highest BCUT2D eigenvalue weighted by molar-refractivity contribution is 9.11. The molecule has 0 bridgehead atoms. The van der Waals surface area contributed by atoms with Crippen LogP contribution in [0, 0.1) is 5.92 Å². The van der Waals surface area contributed by atoms with Gasteiger partial charge in [-0.3, -0.25) is 0 Å². The number of rotatable bonds is 5. The highest BCUT2D eigenvalue weighted by atomic mass is 79.9. The lowest BCUT2D eigenvalue weighted by atomic mass is 9.89. The highest BCUT2D eigenvalue weighted by Crippen LogP contribution is 2.30. The van der Waals surface area contributed by atoms with Crippen molar-refractivity contribution in [2.45, 2.75) is 38.3 Å². The highest BCUT2D eigenvalue weighted by Gasteiger charge is 2.32. The van der Waals surface area contributed by atoms with Crippen LogP contribution in [0.3, 0.4) is 0 Å². The van der Waals surface area contributed by atoms with Crippen molar-refractivity contribution in [3.05, 3.63) is 20.8 Å². The van der Waals surface area contributed by atoms with Crippen LogP contribution >= 0.6 is 27.3 Å². The van der Waals surface area contributed by atoms with Crippen LogP contribution in [0.1, 0.15) is 24.6 Å². The van der Waals surface area contributed by atoms with Gasteiger partial charge >= 0.3 is 0 Å². The molecule has 3 atom stereocenters. The third kappa shape index (κ3) is 3.31. The molecule has 4 heteroatoms. The summed E-state index contributed by atoms with van der Waals surface area (Å²) >= 11 is 5.36. The number of hydrogen-bond donors (Lipinski definition) is 1. The zero-order valence-electron chi connectivity index (χ0n) is 10.4. The average molecular weight is 318 g/mol. The third-order valence-electron chi connectivity index (χ3n) is 3.60. The summed E-state index contributed by atoms with van der Waals surface area (Å²) in [6.45, 7) is 3.15. The summed E-state index contributed by atoms with van der Waals surface area (Å²) in [6, 6.07) is 4.89. The van der Waals surface area contributed by atoms with Gasteiger partial charge in [-0.25, -0.2) is 0 Å². The van der Waals surface area contributed by atoms with Crippen molar-refractivity contribution in [2.75, 3.05) is 13.7 Å². The zero-order chi connectivity index (χ0) is 12.3. The summed E-state index contributed by atoms with van der Waals surface area (Å²) < 4.78 is 7.01. The Hall–Kier alpha value is 0.1000. The molecule has 2 nitrogen and oxygen atoms in total. The number of halogens is 1. The van der Waals surface area contributed by atoms with Gasteiger partial charge in [0.25, 0.3) is 0 Å². The molecule has 1 aliphatic heterocycles. The first-order valence-corrected chi connectivity index (χ1v) is 7.88. The molecule has 1 aliphatic rings. The van der Waals surface area contributed by atoms with Crippen molar-refractivity contribution in [1.29, 1.82) is 0 Å². The molecule has 1 N–H and O–H groups in total. The lowest BCUT2D eigenvalue weighted by molar-refractivity contribution is 0.0784. The standard InChI is InChI=1S/C13H20BrNOS/c1-3-12-10(6-7-16-12)11(15-2)8-9-4-5-13(14)17-9/h4-5,10-12,15H,3,6-8H2,1-2H3. The molecule has 1 aromatic heterocycles. The molecular weight excluding hydrogens is 298 g/mol. The summed E-state index contributed by atoms with van der Waals surface area (Å²) in [4.78, 5) is 1.44. The van der Waals surface area contributed by atoms with Gasteiger partial charge in [-0.2, -0.15) is 0 Å². The van der Waals surface area contributed by atoms with Crippen LogP contribution in [0.15, 0.2) is 15.9 Å². The Morgan fingerprint density at radius 3 is 3.00 bits per heavy atom. The van der Waals surface area contributed by atoms with Gasteiger partial charge in [0.15, 0.2) is 0 Å². The second kappa shape index (κ2) is 6.32. The molecule has 0 aromatic carbocycles. The van der Waals surface area contributed by atoms with Gasteiger partial charge in [-0.15, -0.1) is 11.3 Å². The van der Waals surface area contributed by atoms with Crippen molar-refractivity contribution in [2.24, 2.45) is 5.92 Å². The minimum atomic E-state index is 0.441. The molecule has 0 spiro atoms. The monoisotopic (exact) mass is 317 g/mol. The molecule has 0 aliphatic carbocycles. The molecule has 2 rings (SSSR count). The van der Waals surface area contributed by atoms with Crippen LogP contribution in [-0.2, 0) is 11.2 Å². The van der Waals surface area contributed by atoms with Crippen molar-refractivity contribution in [1.82, 2.24) is 5.32 Å². The fraction of sp³-hybridized carbons (Fsp3) is 0.692. The fourth-order valence-corrected chi connectivity index (χ4v) is 4.23. The lowest BCUT2D eigenvalue weighted by Crippen LogP contribution is -2.39. The maximum absolute atomic E-state index is 5.79. The van der Waals surface area contributed by atoms with E-state index in [9.17, 15) is 0 Å². The predicted molar refractivity (Wildman–Crippen MR) is 76.7 cm³/mol. The molecule has 3 unspecified atom stereocenters. The molecule has 17 heavy (non-hydrogen) atoms. The quantitative estimate of drug-likeness (QED) is 0.898. The van der Waals surface area contributed by atoms with Gasteiger partial charge in [-0.1, -0.05) is 6.92 Å². The normalized spacial score (nSPS) is 26.3. The van der Waals surface area contributed by atoms with Crippen LogP contribution < -0.4 is 5.32 Å². The molecule has 2 heterocycles. The Labute approximate surface area is 116 Å². The first-order chi connectivity index (χ1) is 8.24. The maximum atomic E-state index is 5.79. The number of likely N-dealkylation sites (N-methyl/N-ethyl adjacent to an activating group) is 1. The van der Waals surface area contributed by atoms with Crippen LogP contribution in [-0.4, -0.2) is 25.8 Å². The van der Waals surface area contributed by atoms with Crippen LogP contribution in [0.5, 0.6) is 0 Å². The molecule has 96 valence electrons. The SMILES string of the molecule is CCC1OCCC1C(Cc1ccc(Br)s1)NC. The largest absolute Gasteiger partial charge is 0.378 e. The van der Waals surface area contributed by atoms with Crippen LogP contribution in [0.4, 0.5) is 0 Å². The van der Waals surface area contributed by atoms with E-state index >= 15 is 0 Å². The maximum Gasteiger partial charge on any atom is 0.0701 e. The summed E-state index contributed by atoms with van der Waals surface area (Å²) in [7, 11) is 2.07. The van der Waals surface area contributed by atoms with Gasteiger partial charge in [0.1, 0.15) is 0 Å². The topological polar surface area (TPSA) is 21.3 Å². The molecule has 1 aromatic rings. The minimum Gasteiger partial charge on any atom is -0.378 e. The van der Waals surface area contributed by atoms with Crippen molar-refractivity contribution in [3.63, 3.8) is 0 Å². The van der Waals surface area contributed by atoms with E-state index in [4.69, 9.17) is 4.74 Å². The van der Waals surface area contributed by atoms with E-state index in [1.165, 1.54) is 15.1 Å². The summed E-state index contributed by atoms with van der Waals surface area (Å²) in [5.74, 6) is 0.658. The van der Waals surface area contributed by atoms with E-state index in [0.29, 0.717) is 18.1 Å². The minimum absolute atomic E-state index is 0.441. The van der Waals surface area contributed by atoms with Crippen molar-refractivity contribution < 1.29 is 4.74 Å². The predicted octanol–water partition coefficient (Wildman–Crippen LogP) is 3.46. The van der Waals surface area contributed by atoms with Crippen LogP contribution in [0.25, 0.3) is 0 Å². The van der Waals surface area contributed by atoms with Gasteiger partial charge < -0.3 is 10.1 Å². The Bertz CT molecular complexity index is 355. The Kier molecular flexibility index (Phi) is 5.03. The summed E-state index contributed by atoms with van der Waals surface area (Å²) in [5.41, 5.74) is 0. The van der Waals surface area contributed by atoms with E-state index in [1.54, 1.807) is 0 Å². The Morgan fingerprint density at radius 1 is 1.59 bits per heavy atom. The first-order valence-electron chi connectivity index (χ1n) is 6.27. The second-order valence-electron chi connectivity index (χ2n) is 4.58. The van der Waals surface area contributed by atoms with Gasteiger partial charge in [0.2, 0.25) is 0 Å². The molecule has 1 fully saturated rings. The Balaban J connectivity index is 2.00. The second-order valence-corrected chi connectivity index (χ2v) is 7.12. The van der Waals surface area contributed by atoms with Gasteiger partial charge in [-0.05, 0) is 54.4 Å². The van der Waals surface area contributed by atoms with Crippen molar-refractivity contribution in [3.8, 4) is 0 Å². The molecular formula is C13H20BrNOS. The summed E-state index contributed by atoms with van der Waals surface area (Å²) in [6.07, 6.45) is 3.86. The zero-order valence-corrected chi connectivity index (χ0v) is 12.8. The number of nitrogens with one attached hydrogen (secondary N) is 1. The fourth-order valence-electron chi connectivity index (χ4n) is 2.69.